The summed E-state index contributed by atoms with van der Waals surface area (Å²) in [6.45, 7) is 6.65. The zero-order chi connectivity index (χ0) is 21.4. The molecule has 6 nitrogen and oxygen atoms in total. The van der Waals surface area contributed by atoms with Crippen LogP contribution in [0.1, 0.15) is 24.5 Å². The Morgan fingerprint density at radius 1 is 1.13 bits per heavy atom. The molecule has 1 aliphatic heterocycles. The number of rotatable bonds is 8. The van der Waals surface area contributed by atoms with Gasteiger partial charge in [-0.3, -0.25) is 0 Å². The fourth-order valence-electron chi connectivity index (χ4n) is 3.51. The number of nitrogens with one attached hydrogen (secondary N) is 1. The average molecular weight is 557 g/mol. The van der Waals surface area contributed by atoms with Crippen LogP contribution in [0.4, 0.5) is 0 Å². The van der Waals surface area contributed by atoms with Gasteiger partial charge in [0.25, 0.3) is 0 Å². The molecule has 31 heavy (non-hydrogen) atoms. The van der Waals surface area contributed by atoms with E-state index in [0.717, 1.165) is 44.2 Å². The molecule has 1 unspecified atom stereocenters. The molecule has 0 aliphatic carbocycles. The Hall–Kier alpha value is -1.65. The number of aliphatic imine (C=N–C) groups is 1. The van der Waals surface area contributed by atoms with Crippen LogP contribution in [-0.2, 0) is 27.7 Å². The molecule has 8 heteroatoms. The van der Waals surface area contributed by atoms with E-state index in [4.69, 9.17) is 9.73 Å². The van der Waals surface area contributed by atoms with Crippen molar-refractivity contribution < 1.29 is 13.2 Å². The van der Waals surface area contributed by atoms with Crippen LogP contribution in [0, 0.1) is 5.92 Å². The molecule has 1 heterocycles. The maximum Gasteiger partial charge on any atom is 0.194 e. The highest BCUT2D eigenvalue weighted by atomic mass is 127. The van der Waals surface area contributed by atoms with Crippen LogP contribution in [0.15, 0.2) is 64.5 Å². The van der Waals surface area contributed by atoms with Crippen molar-refractivity contribution in [2.45, 2.75) is 31.4 Å². The molecule has 2 aromatic carbocycles. The predicted molar refractivity (Wildman–Crippen MR) is 136 cm³/mol. The lowest BCUT2D eigenvalue weighted by Crippen LogP contribution is -2.40. The molecule has 1 atom stereocenters. The molecule has 2 aromatic rings. The maximum absolute atomic E-state index is 11.6. The monoisotopic (exact) mass is 557 g/mol. The van der Waals surface area contributed by atoms with Gasteiger partial charge in [0.1, 0.15) is 0 Å². The molecule has 1 fully saturated rings. The van der Waals surface area contributed by atoms with Gasteiger partial charge >= 0.3 is 0 Å². The molecule has 170 valence electrons. The summed E-state index contributed by atoms with van der Waals surface area (Å²) in [7, 11) is -3.17. The molecule has 0 saturated carbocycles. The average Bonchev–Trinajstić information content (AvgIpc) is 3.20. The van der Waals surface area contributed by atoms with Gasteiger partial charge < -0.3 is 15.0 Å². The van der Waals surface area contributed by atoms with Gasteiger partial charge in [0.15, 0.2) is 15.8 Å². The van der Waals surface area contributed by atoms with E-state index < -0.39 is 9.84 Å². The molecule has 1 N–H and O–H groups in total. The number of halogens is 1. The third kappa shape index (κ3) is 8.08. The Kier molecular flexibility index (Phi) is 10.2. The highest BCUT2D eigenvalue weighted by Crippen LogP contribution is 2.18. The van der Waals surface area contributed by atoms with E-state index in [9.17, 15) is 8.42 Å². The standard InChI is InChI=1S/C23H31N3O3S.HI/c1-3-24-23(25-15-19-9-11-22(12-10-19)30(2,27)28)26-14-13-21(16-26)18-29-17-20-7-5-4-6-8-20;/h4-12,21H,3,13-18H2,1-2H3,(H,24,25);1H. The summed E-state index contributed by atoms with van der Waals surface area (Å²) in [5, 5.41) is 3.37. The molecule has 0 bridgehead atoms. The van der Waals surface area contributed by atoms with Crippen molar-refractivity contribution in [2.75, 3.05) is 32.5 Å². The number of sulfone groups is 1. The van der Waals surface area contributed by atoms with E-state index >= 15 is 0 Å². The topological polar surface area (TPSA) is 71.0 Å². The van der Waals surface area contributed by atoms with Crippen molar-refractivity contribution in [3.63, 3.8) is 0 Å². The molecule has 1 saturated heterocycles. The Bertz CT molecular complexity index is 934. The van der Waals surface area contributed by atoms with Crippen LogP contribution in [0.3, 0.4) is 0 Å². The van der Waals surface area contributed by atoms with E-state index in [1.165, 1.54) is 11.8 Å². The van der Waals surface area contributed by atoms with Crippen LogP contribution in [0.2, 0.25) is 0 Å². The molecule has 0 radical (unpaired) electrons. The molecule has 0 spiro atoms. The van der Waals surface area contributed by atoms with E-state index in [1.807, 2.05) is 30.3 Å². The molecule has 1 aliphatic rings. The van der Waals surface area contributed by atoms with E-state index in [1.54, 1.807) is 12.1 Å². The second kappa shape index (κ2) is 12.4. The zero-order valence-electron chi connectivity index (χ0n) is 18.2. The molecule has 3 rings (SSSR count). The van der Waals surface area contributed by atoms with E-state index in [-0.39, 0.29) is 24.0 Å². The Morgan fingerprint density at radius 2 is 1.84 bits per heavy atom. The van der Waals surface area contributed by atoms with Gasteiger partial charge in [-0.2, -0.15) is 0 Å². The lowest BCUT2D eigenvalue weighted by atomic mass is 10.1. The number of hydrogen-bond donors (Lipinski definition) is 1. The summed E-state index contributed by atoms with van der Waals surface area (Å²) in [6.07, 6.45) is 2.30. The summed E-state index contributed by atoms with van der Waals surface area (Å²) in [4.78, 5) is 7.38. The minimum absolute atomic E-state index is 0. The Morgan fingerprint density at radius 3 is 2.48 bits per heavy atom. The van der Waals surface area contributed by atoms with Crippen LogP contribution in [0.5, 0.6) is 0 Å². The summed E-state index contributed by atoms with van der Waals surface area (Å²) in [5.41, 5.74) is 2.18. The van der Waals surface area contributed by atoms with Gasteiger partial charge in [-0.15, -0.1) is 24.0 Å². The summed E-state index contributed by atoms with van der Waals surface area (Å²) in [5.74, 6) is 1.39. The van der Waals surface area contributed by atoms with Crippen molar-refractivity contribution in [1.29, 1.82) is 0 Å². The minimum atomic E-state index is -3.17. The van der Waals surface area contributed by atoms with Crippen LogP contribution < -0.4 is 5.32 Å². The largest absolute Gasteiger partial charge is 0.376 e. The highest BCUT2D eigenvalue weighted by Gasteiger charge is 2.25. The Balaban J connectivity index is 0.00000341. The highest BCUT2D eigenvalue weighted by molar-refractivity contribution is 14.0. The van der Waals surface area contributed by atoms with Gasteiger partial charge in [-0.05, 0) is 36.6 Å². The molecular formula is C23H32IN3O3S. The smallest absolute Gasteiger partial charge is 0.194 e. The molecule has 0 aromatic heterocycles. The van der Waals surface area contributed by atoms with Gasteiger partial charge in [-0.25, -0.2) is 13.4 Å². The van der Waals surface area contributed by atoms with Crippen molar-refractivity contribution in [1.82, 2.24) is 10.2 Å². The van der Waals surface area contributed by atoms with Gasteiger partial charge in [0.05, 0.1) is 24.7 Å². The lowest BCUT2D eigenvalue weighted by Gasteiger charge is -2.21. The number of nitrogens with zero attached hydrogens (tertiary/aromatic N) is 2. The zero-order valence-corrected chi connectivity index (χ0v) is 21.3. The number of likely N-dealkylation sites (tertiary alicyclic amines) is 1. The van der Waals surface area contributed by atoms with E-state index in [2.05, 4.69) is 29.3 Å². The van der Waals surface area contributed by atoms with Gasteiger partial charge in [-0.1, -0.05) is 42.5 Å². The first-order valence-electron chi connectivity index (χ1n) is 10.4. The first kappa shape index (κ1) is 25.6. The van der Waals surface area contributed by atoms with Gasteiger partial charge in [0, 0.05) is 31.8 Å². The fraction of sp³-hybridized carbons (Fsp3) is 0.435. The first-order valence-corrected chi connectivity index (χ1v) is 12.3. The third-order valence-corrected chi connectivity index (χ3v) is 6.28. The summed E-state index contributed by atoms with van der Waals surface area (Å²) in [6, 6.07) is 17.2. The van der Waals surface area contributed by atoms with Crippen LogP contribution >= 0.6 is 24.0 Å². The fourth-order valence-corrected chi connectivity index (χ4v) is 4.14. The van der Waals surface area contributed by atoms with Crippen molar-refractivity contribution >= 4 is 39.8 Å². The lowest BCUT2D eigenvalue weighted by molar-refractivity contribution is 0.0906. The number of hydrogen-bond acceptors (Lipinski definition) is 4. The number of guanidine groups is 1. The normalized spacial score (nSPS) is 16.8. The summed E-state index contributed by atoms with van der Waals surface area (Å²) < 4.78 is 29.1. The Labute approximate surface area is 203 Å². The second-order valence-corrected chi connectivity index (χ2v) is 9.70. The minimum Gasteiger partial charge on any atom is -0.376 e. The number of benzene rings is 2. The SMILES string of the molecule is CCNC(=NCc1ccc(S(C)(=O)=O)cc1)N1CCC(COCc2ccccc2)C1.I. The predicted octanol–water partition coefficient (Wildman–Crippen LogP) is 3.71. The van der Waals surface area contributed by atoms with Crippen LogP contribution in [0.25, 0.3) is 0 Å². The van der Waals surface area contributed by atoms with Crippen molar-refractivity contribution in [3.05, 3.63) is 65.7 Å². The molecule has 0 amide bonds. The second-order valence-electron chi connectivity index (χ2n) is 7.69. The summed E-state index contributed by atoms with van der Waals surface area (Å²) >= 11 is 0. The van der Waals surface area contributed by atoms with E-state index in [0.29, 0.717) is 24.0 Å². The molecular weight excluding hydrogens is 525 g/mol. The van der Waals surface area contributed by atoms with Crippen LogP contribution in [-0.4, -0.2) is 51.8 Å². The first-order chi connectivity index (χ1) is 14.5. The third-order valence-electron chi connectivity index (χ3n) is 5.15. The quantitative estimate of drug-likeness (QED) is 0.305. The number of ether oxygens (including phenoxy) is 1. The van der Waals surface area contributed by atoms with Crippen molar-refractivity contribution in [3.8, 4) is 0 Å². The van der Waals surface area contributed by atoms with Crippen molar-refractivity contribution in [2.24, 2.45) is 10.9 Å². The maximum atomic E-state index is 11.6. The van der Waals surface area contributed by atoms with Gasteiger partial charge in [0.2, 0.25) is 0 Å².